The smallest absolute Gasteiger partial charge is 0.306 e. The van der Waals surface area contributed by atoms with Gasteiger partial charge in [0.2, 0.25) is 11.8 Å². The first-order chi connectivity index (χ1) is 15.9. The van der Waals surface area contributed by atoms with Gasteiger partial charge in [-0.15, -0.1) is 13.2 Å². The summed E-state index contributed by atoms with van der Waals surface area (Å²) < 4.78 is 11.0. The molecule has 0 bridgehead atoms. The molecule has 0 saturated carbocycles. The van der Waals surface area contributed by atoms with Gasteiger partial charge < -0.3 is 25.2 Å². The molecule has 1 rings (SSSR count). The largest absolute Gasteiger partial charge is 0.455 e. The third-order valence-electron chi connectivity index (χ3n) is 4.91. The van der Waals surface area contributed by atoms with E-state index in [9.17, 15) is 14.4 Å². The van der Waals surface area contributed by atoms with Gasteiger partial charge in [0, 0.05) is 26.0 Å². The van der Waals surface area contributed by atoms with Crippen molar-refractivity contribution in [2.75, 3.05) is 20.3 Å². The number of hydrogen-bond donors (Lipinski definition) is 3. The van der Waals surface area contributed by atoms with Crippen molar-refractivity contribution in [2.24, 2.45) is 5.92 Å². The minimum absolute atomic E-state index is 0.0724. The third kappa shape index (κ3) is 10.5. The van der Waals surface area contributed by atoms with E-state index < -0.39 is 30.1 Å². The molecular weight excluding hydrogens is 424 g/mol. The summed E-state index contributed by atoms with van der Waals surface area (Å²) >= 11 is 0. The number of ether oxygens (including phenoxy) is 2. The Morgan fingerprint density at radius 1 is 1.12 bits per heavy atom. The van der Waals surface area contributed by atoms with Crippen LogP contribution in [0.3, 0.4) is 0 Å². The quantitative estimate of drug-likeness (QED) is 0.258. The molecule has 1 aromatic rings. The molecule has 8 nitrogen and oxygen atoms in total. The predicted molar refractivity (Wildman–Crippen MR) is 126 cm³/mol. The molecule has 0 heterocycles. The molecule has 182 valence electrons. The van der Waals surface area contributed by atoms with Crippen LogP contribution in [0.1, 0.15) is 44.3 Å². The maximum absolute atomic E-state index is 13.1. The number of nitrogens with one attached hydrogen (secondary N) is 2. The zero-order valence-electron chi connectivity index (χ0n) is 19.5. The van der Waals surface area contributed by atoms with E-state index in [-0.39, 0.29) is 44.3 Å². The van der Waals surface area contributed by atoms with E-state index in [0.717, 1.165) is 0 Å². The lowest BCUT2D eigenvalue weighted by molar-refractivity contribution is -0.153. The zero-order valence-corrected chi connectivity index (χ0v) is 19.5. The van der Waals surface area contributed by atoms with Gasteiger partial charge in [0.15, 0.2) is 0 Å². The van der Waals surface area contributed by atoms with Crippen molar-refractivity contribution in [1.29, 1.82) is 0 Å². The second-order valence-corrected chi connectivity index (χ2v) is 7.80. The minimum Gasteiger partial charge on any atom is -0.455 e. The Labute approximate surface area is 196 Å². The van der Waals surface area contributed by atoms with Crippen LogP contribution in [0.25, 0.3) is 0 Å². The van der Waals surface area contributed by atoms with E-state index in [1.165, 1.54) is 7.11 Å². The van der Waals surface area contributed by atoms with Crippen molar-refractivity contribution in [3.05, 3.63) is 61.2 Å². The third-order valence-corrected chi connectivity index (χ3v) is 4.91. The van der Waals surface area contributed by atoms with Crippen LogP contribution in [0.5, 0.6) is 0 Å². The fraction of sp³-hybridized carbons (Fsp3) is 0.480. The van der Waals surface area contributed by atoms with Crippen LogP contribution < -0.4 is 10.6 Å². The normalized spacial score (nSPS) is 14.3. The Balaban J connectivity index is 3.06. The molecule has 1 aromatic carbocycles. The number of benzene rings is 1. The average Bonchev–Trinajstić information content (AvgIpc) is 2.81. The van der Waals surface area contributed by atoms with Gasteiger partial charge in [-0.2, -0.15) is 0 Å². The van der Waals surface area contributed by atoms with Gasteiger partial charge in [0.1, 0.15) is 6.10 Å². The highest BCUT2D eigenvalue weighted by Crippen LogP contribution is 2.24. The number of carbonyl (C=O) groups is 3. The molecule has 0 aliphatic rings. The van der Waals surface area contributed by atoms with E-state index >= 15 is 0 Å². The predicted octanol–water partition coefficient (Wildman–Crippen LogP) is 2.45. The molecule has 0 aliphatic carbocycles. The molecule has 0 aliphatic heterocycles. The summed E-state index contributed by atoms with van der Waals surface area (Å²) in [7, 11) is 1.49. The van der Waals surface area contributed by atoms with Crippen LogP contribution in [-0.2, 0) is 23.9 Å². The Kier molecular flexibility index (Phi) is 13.4. The molecule has 4 atom stereocenters. The van der Waals surface area contributed by atoms with Crippen molar-refractivity contribution < 1.29 is 29.0 Å². The Morgan fingerprint density at radius 2 is 1.82 bits per heavy atom. The summed E-state index contributed by atoms with van der Waals surface area (Å²) in [6, 6.07) is 8.01. The number of hydrogen-bond acceptors (Lipinski definition) is 6. The molecule has 0 radical (unpaired) electrons. The minimum atomic E-state index is -0.778. The lowest BCUT2D eigenvalue weighted by Crippen LogP contribution is -2.47. The van der Waals surface area contributed by atoms with Crippen LogP contribution in [0.4, 0.5) is 0 Å². The van der Waals surface area contributed by atoms with Crippen molar-refractivity contribution >= 4 is 17.8 Å². The maximum atomic E-state index is 13.1. The number of amides is 2. The van der Waals surface area contributed by atoms with Gasteiger partial charge in [-0.05, 0) is 25.3 Å². The Hall–Kier alpha value is -2.97. The Morgan fingerprint density at radius 3 is 2.39 bits per heavy atom. The van der Waals surface area contributed by atoms with Crippen LogP contribution in [0.15, 0.2) is 55.6 Å². The van der Waals surface area contributed by atoms with E-state index in [2.05, 4.69) is 23.8 Å². The molecular formula is C25H36N2O6. The lowest BCUT2D eigenvalue weighted by Gasteiger charge is -2.29. The Bertz CT molecular complexity index is 767. The maximum Gasteiger partial charge on any atom is 0.306 e. The highest BCUT2D eigenvalue weighted by atomic mass is 16.5. The van der Waals surface area contributed by atoms with E-state index in [4.69, 9.17) is 14.6 Å². The summed E-state index contributed by atoms with van der Waals surface area (Å²) in [5.74, 6) is -1.83. The van der Waals surface area contributed by atoms with E-state index in [1.807, 2.05) is 30.3 Å². The average molecular weight is 461 g/mol. The number of esters is 1. The summed E-state index contributed by atoms with van der Waals surface area (Å²) in [6.45, 7) is 8.86. The highest BCUT2D eigenvalue weighted by molar-refractivity contribution is 5.86. The summed E-state index contributed by atoms with van der Waals surface area (Å²) in [4.78, 5) is 37.8. The molecule has 2 amide bonds. The van der Waals surface area contributed by atoms with Crippen LogP contribution in [0.2, 0.25) is 0 Å². The SMILES string of the molecule is C=CCCC(=O)O[C@@H](c1ccccc1)[C@H](COC)NC(=O)[C@H](CC=C)CC(=O)N[C@@H](C)CO. The topological polar surface area (TPSA) is 114 Å². The molecule has 33 heavy (non-hydrogen) atoms. The van der Waals surface area contributed by atoms with Crippen molar-refractivity contribution in [3.63, 3.8) is 0 Å². The fourth-order valence-corrected chi connectivity index (χ4v) is 3.22. The van der Waals surface area contributed by atoms with Gasteiger partial charge in [-0.1, -0.05) is 42.5 Å². The van der Waals surface area contributed by atoms with Crippen LogP contribution in [0, 0.1) is 5.92 Å². The molecule has 3 N–H and O–H groups in total. The molecule has 8 heteroatoms. The number of aliphatic hydroxyl groups excluding tert-OH is 1. The molecule has 0 saturated heterocycles. The second kappa shape index (κ2) is 15.8. The molecule has 0 spiro atoms. The van der Waals surface area contributed by atoms with Crippen molar-refractivity contribution in [3.8, 4) is 0 Å². The van der Waals surface area contributed by atoms with Gasteiger partial charge >= 0.3 is 5.97 Å². The molecule has 0 unspecified atom stereocenters. The van der Waals surface area contributed by atoms with Gasteiger partial charge in [-0.25, -0.2) is 0 Å². The monoisotopic (exact) mass is 460 g/mol. The van der Waals surface area contributed by atoms with Crippen LogP contribution >= 0.6 is 0 Å². The fourth-order valence-electron chi connectivity index (χ4n) is 3.22. The summed E-state index contributed by atoms with van der Waals surface area (Å²) in [5, 5.41) is 14.7. The second-order valence-electron chi connectivity index (χ2n) is 7.80. The first-order valence-electron chi connectivity index (χ1n) is 11.0. The van der Waals surface area contributed by atoms with E-state index in [1.54, 1.807) is 19.1 Å². The van der Waals surface area contributed by atoms with Gasteiger partial charge in [0.25, 0.3) is 0 Å². The molecule has 0 fully saturated rings. The zero-order chi connectivity index (χ0) is 24.6. The summed E-state index contributed by atoms with van der Waals surface area (Å²) in [5.41, 5.74) is 0.710. The number of allylic oxidation sites excluding steroid dienone is 2. The first kappa shape index (κ1) is 28.1. The highest BCUT2D eigenvalue weighted by Gasteiger charge is 2.31. The van der Waals surface area contributed by atoms with E-state index in [0.29, 0.717) is 12.0 Å². The number of carbonyl (C=O) groups excluding carboxylic acids is 3. The number of methoxy groups -OCH3 is 1. The molecule has 0 aromatic heterocycles. The lowest BCUT2D eigenvalue weighted by atomic mass is 9.97. The number of rotatable bonds is 16. The van der Waals surface area contributed by atoms with Gasteiger partial charge in [-0.3, -0.25) is 14.4 Å². The van der Waals surface area contributed by atoms with Crippen molar-refractivity contribution in [1.82, 2.24) is 10.6 Å². The summed E-state index contributed by atoms with van der Waals surface area (Å²) in [6.07, 6.45) is 3.28. The van der Waals surface area contributed by atoms with Crippen LogP contribution in [-0.4, -0.2) is 55.3 Å². The standard InChI is InChI=1S/C25H36N2O6/c1-5-7-14-23(30)33-24(19-12-9-8-10-13-19)21(17-32-4)27-25(31)20(11-6-2)15-22(29)26-18(3)16-28/h5-6,8-10,12-13,18,20-21,24,28H,1-2,7,11,14-17H2,3-4H3,(H,26,29)(H,27,31)/t18-,20+,21-,24-/m0/s1. The first-order valence-corrected chi connectivity index (χ1v) is 11.0. The number of aliphatic hydroxyl groups is 1. The van der Waals surface area contributed by atoms with Crippen molar-refractivity contribution in [2.45, 2.75) is 50.8 Å². The van der Waals surface area contributed by atoms with Gasteiger partial charge in [0.05, 0.1) is 25.2 Å².